The second kappa shape index (κ2) is 4.33. The fourth-order valence-electron chi connectivity index (χ4n) is 1.84. The minimum atomic E-state index is -0.000241. The Bertz CT molecular complexity index is 199. The highest BCUT2D eigenvalue weighted by Gasteiger charge is 2.26. The van der Waals surface area contributed by atoms with E-state index in [4.69, 9.17) is 5.41 Å². The van der Waals surface area contributed by atoms with Crippen LogP contribution < -0.4 is 0 Å². The van der Waals surface area contributed by atoms with Gasteiger partial charge in [0.25, 0.3) is 0 Å². The molecule has 1 aliphatic carbocycles. The van der Waals surface area contributed by atoms with E-state index in [2.05, 4.69) is 32.6 Å². The summed E-state index contributed by atoms with van der Waals surface area (Å²) in [6.45, 7) is 10.6. The highest BCUT2D eigenvalue weighted by molar-refractivity contribution is 5.84. The normalized spacial score (nSPS) is 17.7. The van der Waals surface area contributed by atoms with Crippen molar-refractivity contribution in [1.29, 1.82) is 5.41 Å². The summed E-state index contributed by atoms with van der Waals surface area (Å²) in [7, 11) is 0. The van der Waals surface area contributed by atoms with Crippen LogP contribution in [0.25, 0.3) is 0 Å². The van der Waals surface area contributed by atoms with E-state index >= 15 is 0 Å². The molecule has 0 bridgehead atoms. The summed E-state index contributed by atoms with van der Waals surface area (Å²) in [5.41, 5.74) is -0.000241. The van der Waals surface area contributed by atoms with Gasteiger partial charge in [0.05, 0.1) is 0 Å². The van der Waals surface area contributed by atoms with Crippen LogP contribution in [0.2, 0.25) is 0 Å². The molecule has 0 aromatic heterocycles. The minimum absolute atomic E-state index is 0.000241. The molecule has 0 saturated heterocycles. The Morgan fingerprint density at radius 2 is 1.93 bits per heavy atom. The summed E-state index contributed by atoms with van der Waals surface area (Å²) in [6.07, 6.45) is 4.13. The second-order valence-electron chi connectivity index (χ2n) is 5.43. The Hall–Kier alpha value is -0.530. The van der Waals surface area contributed by atoms with E-state index < -0.39 is 0 Å². The largest absolute Gasteiger partial charge is 0.360 e. The van der Waals surface area contributed by atoms with Crippen LogP contribution in [0.15, 0.2) is 0 Å². The number of hydrogen-bond donors (Lipinski definition) is 1. The molecule has 0 aromatic carbocycles. The maximum absolute atomic E-state index is 8.12. The van der Waals surface area contributed by atoms with Crippen LogP contribution in [0.3, 0.4) is 0 Å². The second-order valence-corrected chi connectivity index (χ2v) is 5.43. The van der Waals surface area contributed by atoms with Crippen molar-refractivity contribution < 1.29 is 0 Å². The highest BCUT2D eigenvalue weighted by Crippen LogP contribution is 2.28. The first kappa shape index (κ1) is 11.5. The van der Waals surface area contributed by atoms with Gasteiger partial charge in [0.15, 0.2) is 0 Å². The van der Waals surface area contributed by atoms with Crippen molar-refractivity contribution in [2.45, 2.75) is 47.0 Å². The van der Waals surface area contributed by atoms with Crippen molar-refractivity contribution in [2.75, 3.05) is 13.1 Å². The van der Waals surface area contributed by atoms with Gasteiger partial charge in [-0.2, -0.15) is 0 Å². The van der Waals surface area contributed by atoms with Crippen molar-refractivity contribution in [1.82, 2.24) is 4.90 Å². The molecule has 0 aliphatic heterocycles. The third kappa shape index (κ3) is 2.73. The lowest BCUT2D eigenvalue weighted by Crippen LogP contribution is -2.42. The average molecular weight is 196 g/mol. The first-order valence-corrected chi connectivity index (χ1v) is 5.79. The van der Waals surface area contributed by atoms with Gasteiger partial charge in [-0.15, -0.1) is 0 Å². The minimum Gasteiger partial charge on any atom is -0.360 e. The summed E-state index contributed by atoms with van der Waals surface area (Å²) >= 11 is 0. The maximum atomic E-state index is 8.12. The summed E-state index contributed by atoms with van der Waals surface area (Å²) in [6, 6.07) is 0. The first-order valence-electron chi connectivity index (χ1n) is 5.79. The van der Waals surface area contributed by atoms with Crippen LogP contribution in [0.4, 0.5) is 0 Å². The Morgan fingerprint density at radius 3 is 2.21 bits per heavy atom. The zero-order valence-corrected chi connectivity index (χ0v) is 10.1. The number of rotatable bonds is 3. The maximum Gasteiger partial charge on any atom is 0.101 e. The van der Waals surface area contributed by atoms with Gasteiger partial charge in [0.2, 0.25) is 0 Å². The Kier molecular flexibility index (Phi) is 3.57. The zero-order valence-electron chi connectivity index (χ0n) is 10.1. The van der Waals surface area contributed by atoms with Gasteiger partial charge in [-0.3, -0.25) is 5.41 Å². The van der Waals surface area contributed by atoms with E-state index in [-0.39, 0.29) is 5.41 Å². The van der Waals surface area contributed by atoms with Crippen molar-refractivity contribution in [2.24, 2.45) is 11.3 Å². The predicted molar refractivity (Wildman–Crippen MR) is 61.8 cm³/mol. The molecule has 82 valence electrons. The Morgan fingerprint density at radius 1 is 1.36 bits per heavy atom. The van der Waals surface area contributed by atoms with Gasteiger partial charge >= 0.3 is 0 Å². The molecule has 0 spiro atoms. The molecule has 2 heteroatoms. The number of nitrogens with one attached hydrogen (secondary N) is 1. The fourth-order valence-corrected chi connectivity index (χ4v) is 1.84. The molecule has 1 saturated carbocycles. The summed E-state index contributed by atoms with van der Waals surface area (Å²) in [4.78, 5) is 2.24. The van der Waals surface area contributed by atoms with Gasteiger partial charge in [0.1, 0.15) is 5.84 Å². The average Bonchev–Trinajstić information content (AvgIpc) is 2.00. The molecule has 0 heterocycles. The van der Waals surface area contributed by atoms with Gasteiger partial charge in [-0.25, -0.2) is 0 Å². The van der Waals surface area contributed by atoms with E-state index in [0.29, 0.717) is 0 Å². The number of amidine groups is 1. The van der Waals surface area contributed by atoms with Crippen LogP contribution in [-0.4, -0.2) is 23.8 Å². The topological polar surface area (TPSA) is 27.1 Å². The fraction of sp³-hybridized carbons (Fsp3) is 0.917. The van der Waals surface area contributed by atoms with Crippen molar-refractivity contribution in [3.05, 3.63) is 0 Å². The zero-order chi connectivity index (χ0) is 10.8. The number of hydrogen-bond acceptors (Lipinski definition) is 1. The van der Waals surface area contributed by atoms with Crippen LogP contribution >= 0.6 is 0 Å². The molecule has 1 fully saturated rings. The van der Waals surface area contributed by atoms with Crippen molar-refractivity contribution in [3.8, 4) is 0 Å². The van der Waals surface area contributed by atoms with Crippen LogP contribution in [-0.2, 0) is 0 Å². The third-order valence-electron chi connectivity index (χ3n) is 3.11. The van der Waals surface area contributed by atoms with E-state index in [1.165, 1.54) is 19.3 Å². The lowest BCUT2D eigenvalue weighted by Gasteiger charge is -2.37. The Balaban J connectivity index is 2.47. The standard InChI is InChI=1S/C12H24N2/c1-5-14(9-10-7-6-8-10)11(13)12(2,3)4/h10,13H,5-9H2,1-4H3. The van der Waals surface area contributed by atoms with Crippen molar-refractivity contribution in [3.63, 3.8) is 0 Å². The van der Waals surface area contributed by atoms with Gasteiger partial charge < -0.3 is 4.90 Å². The first-order chi connectivity index (χ1) is 6.45. The van der Waals surface area contributed by atoms with E-state index in [0.717, 1.165) is 24.8 Å². The van der Waals surface area contributed by atoms with Gasteiger partial charge in [-0.05, 0) is 25.7 Å². The summed E-state index contributed by atoms with van der Waals surface area (Å²) in [5, 5.41) is 8.12. The molecule has 0 radical (unpaired) electrons. The van der Waals surface area contributed by atoms with Crippen LogP contribution in [0, 0.1) is 16.7 Å². The molecular weight excluding hydrogens is 172 g/mol. The molecular formula is C12H24N2. The molecule has 0 atom stereocenters. The lowest BCUT2D eigenvalue weighted by atomic mass is 9.84. The number of nitrogens with zero attached hydrogens (tertiary/aromatic N) is 1. The van der Waals surface area contributed by atoms with Gasteiger partial charge in [-0.1, -0.05) is 27.2 Å². The van der Waals surface area contributed by atoms with E-state index in [9.17, 15) is 0 Å². The monoisotopic (exact) mass is 196 g/mol. The van der Waals surface area contributed by atoms with E-state index in [1.807, 2.05) is 0 Å². The predicted octanol–water partition coefficient (Wildman–Crippen LogP) is 3.13. The SMILES string of the molecule is CCN(CC1CCC1)C(=N)C(C)(C)C. The molecule has 1 N–H and O–H groups in total. The van der Waals surface area contributed by atoms with Crippen LogP contribution in [0.1, 0.15) is 47.0 Å². The Labute approximate surface area is 88.2 Å². The molecule has 1 rings (SSSR count). The third-order valence-corrected chi connectivity index (χ3v) is 3.11. The van der Waals surface area contributed by atoms with Crippen LogP contribution in [0.5, 0.6) is 0 Å². The quantitative estimate of drug-likeness (QED) is 0.545. The summed E-state index contributed by atoms with van der Waals surface area (Å²) < 4.78 is 0. The molecule has 0 unspecified atom stereocenters. The molecule has 0 amide bonds. The highest BCUT2D eigenvalue weighted by atomic mass is 15.2. The summed E-state index contributed by atoms with van der Waals surface area (Å²) in [5.74, 6) is 1.66. The molecule has 2 nitrogen and oxygen atoms in total. The lowest BCUT2D eigenvalue weighted by molar-refractivity contribution is 0.233. The molecule has 14 heavy (non-hydrogen) atoms. The van der Waals surface area contributed by atoms with Gasteiger partial charge in [0, 0.05) is 18.5 Å². The molecule has 0 aromatic rings. The molecule has 1 aliphatic rings. The smallest absolute Gasteiger partial charge is 0.101 e. The van der Waals surface area contributed by atoms with E-state index in [1.54, 1.807) is 0 Å². The van der Waals surface area contributed by atoms with Crippen molar-refractivity contribution >= 4 is 5.84 Å².